The Hall–Kier alpha value is -4.38. The summed E-state index contributed by atoms with van der Waals surface area (Å²) in [6.45, 7) is 9.52. The highest BCUT2D eigenvalue weighted by Crippen LogP contribution is 2.23. The van der Waals surface area contributed by atoms with E-state index in [-0.39, 0.29) is 5.78 Å². The Morgan fingerprint density at radius 1 is 0.553 bits per heavy atom. The molecule has 0 aliphatic rings. The number of carbonyl (C=O) groups is 2. The molecule has 0 saturated heterocycles. The predicted octanol–water partition coefficient (Wildman–Crippen LogP) is 8.55. The third-order valence-corrected chi connectivity index (χ3v) is 5.29. The number of hydrogen-bond donors (Lipinski definition) is 0. The maximum absolute atomic E-state index is 12.5. The minimum absolute atomic E-state index is 0.00120. The third kappa shape index (κ3) is 8.93. The molecule has 0 fully saturated rings. The molecule has 0 saturated carbocycles. The van der Waals surface area contributed by atoms with Gasteiger partial charge in [-0.3, -0.25) is 4.79 Å². The van der Waals surface area contributed by atoms with Crippen LogP contribution in [0, 0.1) is 0 Å². The highest BCUT2D eigenvalue weighted by molar-refractivity contribution is 5.94. The van der Waals surface area contributed by atoms with Gasteiger partial charge in [-0.25, -0.2) is 4.79 Å². The van der Waals surface area contributed by atoms with Crippen LogP contribution in [0.3, 0.4) is 0 Å². The number of esters is 1. The van der Waals surface area contributed by atoms with Gasteiger partial charge in [-0.2, -0.15) is 0 Å². The minimum Gasteiger partial charge on any atom is -0.497 e. The first kappa shape index (κ1) is 29.8. The summed E-state index contributed by atoms with van der Waals surface area (Å²) in [6.07, 6.45) is 0.775. The molecule has 5 heteroatoms. The van der Waals surface area contributed by atoms with Gasteiger partial charge >= 0.3 is 5.97 Å². The van der Waals surface area contributed by atoms with Crippen LogP contribution in [-0.2, 0) is 6.42 Å². The molecular weight excluding hydrogens is 476 g/mol. The molecule has 0 amide bonds. The maximum atomic E-state index is 12.5. The van der Waals surface area contributed by atoms with E-state index in [1.807, 2.05) is 64.1 Å². The molecule has 38 heavy (non-hydrogen) atoms. The van der Waals surface area contributed by atoms with Gasteiger partial charge in [0.15, 0.2) is 5.78 Å². The average molecular weight is 513 g/mol. The van der Waals surface area contributed by atoms with Crippen molar-refractivity contribution in [1.29, 1.82) is 0 Å². The molecule has 0 aromatic heterocycles. The molecule has 5 nitrogen and oxygen atoms in total. The molecular formula is C33H36O5. The summed E-state index contributed by atoms with van der Waals surface area (Å²) in [5, 5.41) is 0. The van der Waals surface area contributed by atoms with Crippen molar-refractivity contribution < 1.29 is 23.8 Å². The maximum Gasteiger partial charge on any atom is 0.343 e. The lowest BCUT2D eigenvalue weighted by atomic mass is 10.0. The van der Waals surface area contributed by atoms with Crippen molar-refractivity contribution >= 4 is 11.8 Å². The van der Waals surface area contributed by atoms with Crippen molar-refractivity contribution in [1.82, 2.24) is 0 Å². The van der Waals surface area contributed by atoms with Gasteiger partial charge < -0.3 is 14.2 Å². The van der Waals surface area contributed by atoms with Crippen LogP contribution in [0.2, 0.25) is 0 Å². The molecule has 0 atom stereocenters. The van der Waals surface area contributed by atoms with Crippen LogP contribution < -0.4 is 14.2 Å². The fraction of sp³-hybridized carbons (Fsp3) is 0.212. The van der Waals surface area contributed by atoms with Crippen LogP contribution in [0.25, 0.3) is 0 Å². The van der Waals surface area contributed by atoms with E-state index >= 15 is 0 Å². The molecule has 0 spiro atoms. The van der Waals surface area contributed by atoms with E-state index in [0.29, 0.717) is 28.4 Å². The molecule has 198 valence electrons. The molecule has 0 aliphatic carbocycles. The predicted molar refractivity (Wildman–Crippen MR) is 153 cm³/mol. The standard InChI is InChI=1S/C29H24O5.2C2H6/c1-20(30)23-7-15-26(16-8-23)33-27-17-9-24(10-18-27)29(31)34-28-13-5-22(6-14-28)19-21-3-11-25(32-2)12-4-21;2*1-2/h3-18H,19H2,1-2H3;2*1-2H3. The first-order valence-electron chi connectivity index (χ1n) is 12.8. The number of carbonyl (C=O) groups excluding carboxylic acids is 2. The highest BCUT2D eigenvalue weighted by atomic mass is 16.5. The summed E-state index contributed by atoms with van der Waals surface area (Å²) in [6, 6.07) is 29.0. The first-order chi connectivity index (χ1) is 18.5. The fourth-order valence-electron chi connectivity index (χ4n) is 3.37. The van der Waals surface area contributed by atoms with Crippen molar-refractivity contribution in [3.8, 4) is 23.0 Å². The van der Waals surface area contributed by atoms with Gasteiger partial charge in [-0.1, -0.05) is 52.0 Å². The zero-order chi connectivity index (χ0) is 27.9. The van der Waals surface area contributed by atoms with Gasteiger partial charge in [0.2, 0.25) is 0 Å². The third-order valence-electron chi connectivity index (χ3n) is 5.29. The van der Waals surface area contributed by atoms with Crippen LogP contribution in [-0.4, -0.2) is 18.9 Å². The van der Waals surface area contributed by atoms with Crippen LogP contribution in [0.4, 0.5) is 0 Å². The zero-order valence-electron chi connectivity index (χ0n) is 23.0. The smallest absolute Gasteiger partial charge is 0.343 e. The summed E-state index contributed by atoms with van der Waals surface area (Å²) in [5.41, 5.74) is 3.33. The second-order valence-corrected chi connectivity index (χ2v) is 7.77. The van der Waals surface area contributed by atoms with Crippen molar-refractivity contribution in [2.24, 2.45) is 0 Å². The highest BCUT2D eigenvalue weighted by Gasteiger charge is 2.10. The largest absolute Gasteiger partial charge is 0.497 e. The van der Waals surface area contributed by atoms with E-state index in [0.717, 1.165) is 17.7 Å². The lowest BCUT2D eigenvalue weighted by molar-refractivity contribution is 0.0734. The number of methoxy groups -OCH3 is 1. The number of ketones is 1. The number of ether oxygens (including phenoxy) is 3. The molecule has 0 aliphatic heterocycles. The van der Waals surface area contributed by atoms with Gasteiger partial charge in [0.05, 0.1) is 12.7 Å². The summed E-state index contributed by atoms with van der Waals surface area (Å²) in [5.74, 6) is 2.05. The summed E-state index contributed by atoms with van der Waals surface area (Å²) in [7, 11) is 1.65. The Bertz CT molecular complexity index is 1260. The van der Waals surface area contributed by atoms with Crippen molar-refractivity contribution in [2.45, 2.75) is 41.0 Å². The van der Waals surface area contributed by atoms with E-state index in [4.69, 9.17) is 14.2 Å². The first-order valence-corrected chi connectivity index (χ1v) is 12.8. The van der Waals surface area contributed by atoms with Crippen molar-refractivity contribution in [3.63, 3.8) is 0 Å². The lowest BCUT2D eigenvalue weighted by Crippen LogP contribution is -2.08. The van der Waals surface area contributed by atoms with Crippen LogP contribution in [0.1, 0.15) is 66.5 Å². The molecule has 4 aromatic carbocycles. The Kier molecular flexibility index (Phi) is 12.3. The van der Waals surface area contributed by atoms with Crippen LogP contribution >= 0.6 is 0 Å². The minimum atomic E-state index is -0.444. The van der Waals surface area contributed by atoms with Gasteiger partial charge in [0.25, 0.3) is 0 Å². The Morgan fingerprint density at radius 2 is 0.947 bits per heavy atom. The molecule has 0 heterocycles. The molecule has 0 unspecified atom stereocenters. The van der Waals surface area contributed by atoms with Crippen LogP contribution in [0.15, 0.2) is 97.1 Å². The average Bonchev–Trinajstić information content (AvgIpc) is 2.97. The summed E-state index contributed by atoms with van der Waals surface area (Å²) >= 11 is 0. The fourth-order valence-corrected chi connectivity index (χ4v) is 3.37. The molecule has 0 radical (unpaired) electrons. The Morgan fingerprint density at radius 3 is 1.37 bits per heavy atom. The quantitative estimate of drug-likeness (QED) is 0.134. The second-order valence-electron chi connectivity index (χ2n) is 7.77. The Balaban J connectivity index is 0.00000121. The number of Topliss-reactive ketones (excluding diaryl/α,β-unsaturated/α-hetero) is 1. The van der Waals surface area contributed by atoms with E-state index < -0.39 is 5.97 Å². The number of rotatable bonds is 8. The molecule has 4 aromatic rings. The van der Waals surface area contributed by atoms with E-state index in [1.54, 1.807) is 67.8 Å². The molecule has 0 N–H and O–H groups in total. The number of benzene rings is 4. The van der Waals surface area contributed by atoms with Gasteiger partial charge in [-0.15, -0.1) is 0 Å². The van der Waals surface area contributed by atoms with Crippen LogP contribution in [0.5, 0.6) is 23.0 Å². The second kappa shape index (κ2) is 15.7. The van der Waals surface area contributed by atoms with Gasteiger partial charge in [0.1, 0.15) is 23.0 Å². The van der Waals surface area contributed by atoms with E-state index in [9.17, 15) is 9.59 Å². The zero-order valence-corrected chi connectivity index (χ0v) is 23.0. The summed E-state index contributed by atoms with van der Waals surface area (Å²) in [4.78, 5) is 23.9. The molecule has 0 bridgehead atoms. The van der Waals surface area contributed by atoms with Crippen molar-refractivity contribution in [2.75, 3.05) is 7.11 Å². The lowest BCUT2D eigenvalue weighted by Gasteiger charge is -2.08. The SMILES string of the molecule is CC.CC.COc1ccc(Cc2ccc(OC(=O)c3ccc(Oc4ccc(C(C)=O)cc4)cc3)cc2)cc1. The normalized spacial score (nSPS) is 9.63. The van der Waals surface area contributed by atoms with Gasteiger partial charge in [-0.05, 0) is 97.3 Å². The topological polar surface area (TPSA) is 61.8 Å². The van der Waals surface area contributed by atoms with E-state index in [2.05, 4.69) is 0 Å². The Labute approximate surface area is 226 Å². The summed E-state index contributed by atoms with van der Waals surface area (Å²) < 4.78 is 16.5. The van der Waals surface area contributed by atoms with Crippen molar-refractivity contribution in [3.05, 3.63) is 119 Å². The van der Waals surface area contributed by atoms with E-state index in [1.165, 1.54) is 12.5 Å². The number of hydrogen-bond acceptors (Lipinski definition) is 5. The molecule has 4 rings (SSSR count). The monoisotopic (exact) mass is 512 g/mol. The van der Waals surface area contributed by atoms with Gasteiger partial charge in [0, 0.05) is 5.56 Å².